The van der Waals surface area contributed by atoms with Crippen LogP contribution in [0.4, 0.5) is 10.1 Å². The average molecular weight is 315 g/mol. The van der Waals surface area contributed by atoms with Crippen molar-refractivity contribution in [1.29, 1.82) is 0 Å². The van der Waals surface area contributed by atoms with Crippen LogP contribution in [0.3, 0.4) is 0 Å². The van der Waals surface area contributed by atoms with Gasteiger partial charge in [0.1, 0.15) is 11.9 Å². The summed E-state index contributed by atoms with van der Waals surface area (Å²) in [7, 11) is 0. The molecule has 0 saturated carbocycles. The average Bonchev–Trinajstić information content (AvgIpc) is 2.53. The normalized spacial score (nSPS) is 11.8. The fourth-order valence-electron chi connectivity index (χ4n) is 2.05. The minimum absolute atomic E-state index is 0.0881. The van der Waals surface area contributed by atoms with Gasteiger partial charge in [0.2, 0.25) is 5.91 Å². The molecule has 0 aliphatic rings. The number of nitrogens with one attached hydrogen (secondary N) is 2. The van der Waals surface area contributed by atoms with Crippen LogP contribution >= 0.6 is 0 Å². The van der Waals surface area contributed by atoms with Gasteiger partial charge in [-0.15, -0.1) is 0 Å². The third kappa shape index (κ3) is 4.35. The van der Waals surface area contributed by atoms with Crippen molar-refractivity contribution in [3.05, 3.63) is 60.2 Å². The number of carbonyl (C=O) groups excluding carboxylic acids is 2. The van der Waals surface area contributed by atoms with Crippen LogP contribution in [-0.4, -0.2) is 22.8 Å². The van der Waals surface area contributed by atoms with Crippen molar-refractivity contribution >= 4 is 17.5 Å². The highest BCUT2D eigenvalue weighted by Gasteiger charge is 2.25. The van der Waals surface area contributed by atoms with Crippen molar-refractivity contribution < 1.29 is 14.0 Å². The standard InChI is InChI=1S/C17H18FN3O2/c1-11(2)15(17(23)20-12-7-9-19-10-8-12)21-16(22)13-5-3-4-6-14(13)18/h3-11,15H,1-2H3,(H,21,22)(H,19,20,23)/t15-/m0/s1. The third-order valence-corrected chi connectivity index (χ3v) is 3.30. The quantitative estimate of drug-likeness (QED) is 0.891. The Balaban J connectivity index is 2.11. The SMILES string of the molecule is CC(C)[C@H](NC(=O)c1ccccc1F)C(=O)Nc1ccncc1. The molecule has 0 aliphatic heterocycles. The fraction of sp³-hybridized carbons (Fsp3) is 0.235. The number of aromatic nitrogens is 1. The van der Waals surface area contributed by atoms with Gasteiger partial charge in [0, 0.05) is 18.1 Å². The number of pyridine rings is 1. The summed E-state index contributed by atoms with van der Waals surface area (Å²) in [5.74, 6) is -1.77. The maximum absolute atomic E-state index is 13.7. The van der Waals surface area contributed by atoms with E-state index in [1.807, 2.05) is 0 Å². The molecule has 0 unspecified atom stereocenters. The summed E-state index contributed by atoms with van der Waals surface area (Å²) in [6, 6.07) is 8.16. The predicted molar refractivity (Wildman–Crippen MR) is 85.4 cm³/mol. The van der Waals surface area contributed by atoms with Gasteiger partial charge >= 0.3 is 0 Å². The molecule has 2 N–H and O–H groups in total. The lowest BCUT2D eigenvalue weighted by Crippen LogP contribution is -2.47. The zero-order chi connectivity index (χ0) is 16.8. The van der Waals surface area contributed by atoms with Crippen LogP contribution in [0.25, 0.3) is 0 Å². The Morgan fingerprint density at radius 2 is 1.74 bits per heavy atom. The van der Waals surface area contributed by atoms with Gasteiger partial charge in [-0.05, 0) is 30.2 Å². The third-order valence-electron chi connectivity index (χ3n) is 3.30. The molecule has 0 fully saturated rings. The molecule has 120 valence electrons. The first-order valence-electron chi connectivity index (χ1n) is 7.25. The van der Waals surface area contributed by atoms with Crippen LogP contribution in [0.5, 0.6) is 0 Å². The van der Waals surface area contributed by atoms with Crippen molar-refractivity contribution in [2.45, 2.75) is 19.9 Å². The highest BCUT2D eigenvalue weighted by atomic mass is 19.1. The molecule has 6 heteroatoms. The molecule has 2 aromatic rings. The van der Waals surface area contributed by atoms with Crippen molar-refractivity contribution in [1.82, 2.24) is 10.3 Å². The lowest BCUT2D eigenvalue weighted by Gasteiger charge is -2.21. The number of amides is 2. The van der Waals surface area contributed by atoms with E-state index in [2.05, 4.69) is 15.6 Å². The highest BCUT2D eigenvalue weighted by molar-refractivity contribution is 6.01. The molecule has 1 heterocycles. The molecule has 0 aliphatic carbocycles. The second kappa shape index (κ2) is 7.49. The van der Waals surface area contributed by atoms with Gasteiger partial charge in [-0.25, -0.2) is 4.39 Å². The van der Waals surface area contributed by atoms with Crippen LogP contribution in [0.15, 0.2) is 48.8 Å². The van der Waals surface area contributed by atoms with E-state index in [1.165, 1.54) is 18.2 Å². The number of carbonyl (C=O) groups is 2. The van der Waals surface area contributed by atoms with E-state index in [1.54, 1.807) is 44.4 Å². The first-order valence-corrected chi connectivity index (χ1v) is 7.25. The number of nitrogens with zero attached hydrogens (tertiary/aromatic N) is 1. The molecule has 1 aromatic heterocycles. The minimum Gasteiger partial charge on any atom is -0.340 e. The van der Waals surface area contributed by atoms with Crippen molar-refractivity contribution in [3.63, 3.8) is 0 Å². The Kier molecular flexibility index (Phi) is 5.41. The van der Waals surface area contributed by atoms with E-state index >= 15 is 0 Å². The molecule has 0 bridgehead atoms. The van der Waals surface area contributed by atoms with Crippen molar-refractivity contribution in [2.24, 2.45) is 5.92 Å². The summed E-state index contributed by atoms with van der Waals surface area (Å²) >= 11 is 0. The lowest BCUT2D eigenvalue weighted by molar-refractivity contribution is -0.118. The van der Waals surface area contributed by atoms with Gasteiger partial charge in [0.15, 0.2) is 0 Å². The summed E-state index contributed by atoms with van der Waals surface area (Å²) in [4.78, 5) is 28.4. The molecule has 0 saturated heterocycles. The van der Waals surface area contributed by atoms with E-state index in [-0.39, 0.29) is 17.4 Å². The summed E-state index contributed by atoms with van der Waals surface area (Å²) in [5.41, 5.74) is 0.491. The molecule has 2 amide bonds. The number of rotatable bonds is 5. The summed E-state index contributed by atoms with van der Waals surface area (Å²) in [6.07, 6.45) is 3.11. The Morgan fingerprint density at radius 3 is 2.35 bits per heavy atom. The zero-order valence-electron chi connectivity index (χ0n) is 12.9. The largest absolute Gasteiger partial charge is 0.340 e. The lowest BCUT2D eigenvalue weighted by atomic mass is 10.0. The number of hydrogen-bond donors (Lipinski definition) is 2. The number of benzene rings is 1. The second-order valence-corrected chi connectivity index (χ2v) is 5.40. The molecule has 5 nitrogen and oxygen atoms in total. The van der Waals surface area contributed by atoms with Gasteiger partial charge in [-0.1, -0.05) is 26.0 Å². The summed E-state index contributed by atoms with van der Waals surface area (Å²) in [6.45, 7) is 3.61. The number of hydrogen-bond acceptors (Lipinski definition) is 3. The second-order valence-electron chi connectivity index (χ2n) is 5.40. The molecular weight excluding hydrogens is 297 g/mol. The van der Waals surface area contributed by atoms with Gasteiger partial charge < -0.3 is 10.6 Å². The number of anilines is 1. The monoisotopic (exact) mass is 315 g/mol. The molecule has 2 rings (SSSR count). The van der Waals surface area contributed by atoms with Gasteiger partial charge in [-0.2, -0.15) is 0 Å². The van der Waals surface area contributed by atoms with E-state index < -0.39 is 17.8 Å². The van der Waals surface area contributed by atoms with Crippen LogP contribution in [0.2, 0.25) is 0 Å². The Morgan fingerprint density at radius 1 is 1.09 bits per heavy atom. The van der Waals surface area contributed by atoms with Crippen molar-refractivity contribution in [3.8, 4) is 0 Å². The molecule has 1 atom stereocenters. The van der Waals surface area contributed by atoms with Crippen molar-refractivity contribution in [2.75, 3.05) is 5.32 Å². The Hall–Kier alpha value is -2.76. The minimum atomic E-state index is -0.782. The molecular formula is C17H18FN3O2. The van der Waals surface area contributed by atoms with Crippen LogP contribution in [0, 0.1) is 11.7 Å². The summed E-state index contributed by atoms with van der Waals surface area (Å²) in [5, 5.41) is 5.29. The maximum atomic E-state index is 13.7. The first kappa shape index (κ1) is 16.6. The predicted octanol–water partition coefficient (Wildman–Crippen LogP) is 2.61. The Labute approximate surface area is 133 Å². The van der Waals surface area contributed by atoms with E-state index in [0.29, 0.717) is 5.69 Å². The van der Waals surface area contributed by atoms with E-state index in [0.717, 1.165) is 0 Å². The molecule has 0 radical (unpaired) electrons. The van der Waals surface area contributed by atoms with Crippen LogP contribution < -0.4 is 10.6 Å². The highest BCUT2D eigenvalue weighted by Crippen LogP contribution is 2.11. The number of halogens is 1. The van der Waals surface area contributed by atoms with E-state index in [4.69, 9.17) is 0 Å². The fourth-order valence-corrected chi connectivity index (χ4v) is 2.05. The van der Waals surface area contributed by atoms with E-state index in [9.17, 15) is 14.0 Å². The van der Waals surface area contributed by atoms with Crippen LogP contribution in [-0.2, 0) is 4.79 Å². The zero-order valence-corrected chi connectivity index (χ0v) is 12.9. The van der Waals surface area contributed by atoms with Gasteiger partial charge in [-0.3, -0.25) is 14.6 Å². The van der Waals surface area contributed by atoms with Gasteiger partial charge in [0.05, 0.1) is 5.56 Å². The maximum Gasteiger partial charge on any atom is 0.254 e. The van der Waals surface area contributed by atoms with Gasteiger partial charge in [0.25, 0.3) is 5.91 Å². The summed E-state index contributed by atoms with van der Waals surface area (Å²) < 4.78 is 13.7. The Bertz CT molecular complexity index is 689. The van der Waals surface area contributed by atoms with Crippen LogP contribution in [0.1, 0.15) is 24.2 Å². The molecule has 0 spiro atoms. The molecule has 1 aromatic carbocycles. The smallest absolute Gasteiger partial charge is 0.254 e. The first-order chi connectivity index (χ1) is 11.0. The topological polar surface area (TPSA) is 71.1 Å². The molecule has 23 heavy (non-hydrogen) atoms.